The summed E-state index contributed by atoms with van der Waals surface area (Å²) in [5.41, 5.74) is -0.383. The molecule has 5 nitrogen and oxygen atoms in total. The third kappa shape index (κ3) is 0.896. The first-order valence-electron chi connectivity index (χ1n) is 3.88. The maximum absolute atomic E-state index is 10.7. The van der Waals surface area contributed by atoms with Crippen molar-refractivity contribution in [2.75, 3.05) is 7.11 Å². The maximum Gasteiger partial charge on any atom is 0.439 e. The number of hydrogen-bond acceptors (Lipinski definition) is 4. The molecule has 1 aliphatic rings. The molecule has 1 heterocycles. The van der Waals surface area contributed by atoms with Crippen LogP contribution in [-0.4, -0.2) is 17.3 Å². The summed E-state index contributed by atoms with van der Waals surface area (Å²) in [6.07, 6.45) is 2.89. The van der Waals surface area contributed by atoms with E-state index in [0.717, 1.165) is 19.3 Å². The summed E-state index contributed by atoms with van der Waals surface area (Å²) in [5.74, 6) is -0.00502. The molecule has 0 bridgehead atoms. The fourth-order valence-corrected chi connectivity index (χ4v) is 1.46. The fraction of sp³-hybridized carbons (Fsp3) is 0.714. The minimum atomic E-state index is -0.520. The molecule has 12 heavy (non-hydrogen) atoms. The van der Waals surface area contributed by atoms with Gasteiger partial charge in [-0.3, -0.25) is 9.51 Å². The van der Waals surface area contributed by atoms with Gasteiger partial charge in [0.1, 0.15) is 5.60 Å². The van der Waals surface area contributed by atoms with E-state index in [1.807, 2.05) is 0 Å². The van der Waals surface area contributed by atoms with Gasteiger partial charge in [-0.05, 0) is 19.3 Å². The van der Waals surface area contributed by atoms with Crippen LogP contribution in [0.15, 0.2) is 9.32 Å². The molecule has 1 N–H and O–H groups in total. The largest absolute Gasteiger partial charge is 0.439 e. The van der Waals surface area contributed by atoms with Crippen LogP contribution in [-0.2, 0) is 10.3 Å². The summed E-state index contributed by atoms with van der Waals surface area (Å²) in [6, 6.07) is 0. The summed E-state index contributed by atoms with van der Waals surface area (Å²) in [7, 11) is 1.62. The van der Waals surface area contributed by atoms with Gasteiger partial charge in [-0.25, -0.2) is 4.79 Å². The van der Waals surface area contributed by atoms with Gasteiger partial charge < -0.3 is 4.74 Å². The van der Waals surface area contributed by atoms with E-state index in [2.05, 4.69) is 14.7 Å². The Morgan fingerprint density at radius 2 is 2.42 bits per heavy atom. The van der Waals surface area contributed by atoms with Crippen LogP contribution in [0.25, 0.3) is 0 Å². The summed E-state index contributed by atoms with van der Waals surface area (Å²) in [5, 5.41) is 3.61. The second-order valence-corrected chi connectivity index (χ2v) is 3.00. The van der Waals surface area contributed by atoms with Crippen molar-refractivity contribution in [3.8, 4) is 0 Å². The van der Waals surface area contributed by atoms with Crippen LogP contribution in [0.2, 0.25) is 0 Å². The smallest absolute Gasteiger partial charge is 0.370 e. The highest BCUT2D eigenvalue weighted by atomic mass is 16.5. The molecule has 0 aliphatic heterocycles. The lowest BCUT2D eigenvalue weighted by Crippen LogP contribution is -2.37. The third-order valence-corrected chi connectivity index (χ3v) is 2.42. The Hall–Kier alpha value is -1.10. The van der Waals surface area contributed by atoms with Crippen molar-refractivity contribution in [1.29, 1.82) is 0 Å². The Morgan fingerprint density at radius 3 is 2.75 bits per heavy atom. The number of rotatable bonds is 2. The van der Waals surface area contributed by atoms with Crippen LogP contribution in [0, 0.1) is 0 Å². The number of aromatic amines is 1. The Morgan fingerprint density at radius 1 is 1.67 bits per heavy atom. The molecule has 0 aromatic carbocycles. The molecular weight excluding hydrogens is 160 g/mol. The Balaban J connectivity index is 2.33. The lowest BCUT2D eigenvalue weighted by atomic mass is 9.79. The number of ether oxygens (including phenoxy) is 1. The van der Waals surface area contributed by atoms with Crippen LogP contribution in [0.5, 0.6) is 0 Å². The highest BCUT2D eigenvalue weighted by Gasteiger charge is 2.42. The van der Waals surface area contributed by atoms with Crippen molar-refractivity contribution >= 4 is 0 Å². The number of nitrogens with one attached hydrogen (secondary N) is 1. The Bertz CT molecular complexity index is 318. The highest BCUT2D eigenvalue weighted by Crippen LogP contribution is 2.41. The van der Waals surface area contributed by atoms with Crippen molar-refractivity contribution < 1.29 is 9.26 Å². The average Bonchev–Trinajstić information content (AvgIpc) is 2.35. The average molecular weight is 170 g/mol. The topological polar surface area (TPSA) is 68.1 Å². The predicted octanol–water partition coefficient (Wildman–Crippen LogP) is 0.389. The molecule has 66 valence electrons. The molecule has 5 heteroatoms. The van der Waals surface area contributed by atoms with Gasteiger partial charge in [-0.2, -0.15) is 0 Å². The first-order valence-corrected chi connectivity index (χ1v) is 3.88. The monoisotopic (exact) mass is 170 g/mol. The molecule has 0 atom stereocenters. The summed E-state index contributed by atoms with van der Waals surface area (Å²) >= 11 is 0. The lowest BCUT2D eigenvalue weighted by molar-refractivity contribution is -0.0858. The summed E-state index contributed by atoms with van der Waals surface area (Å²) in [6.45, 7) is 0. The first kappa shape index (κ1) is 7.54. The van der Waals surface area contributed by atoms with E-state index < -0.39 is 5.76 Å². The van der Waals surface area contributed by atoms with Crippen LogP contribution < -0.4 is 5.76 Å². The molecule has 0 saturated heterocycles. The molecule has 1 aromatic rings. The molecule has 0 unspecified atom stereocenters. The zero-order chi connectivity index (χ0) is 8.60. The number of aromatic nitrogens is 2. The standard InChI is InChI=1S/C7H10N2O3/c1-11-7(3-2-4-7)5-8-6(10)12-9-5/h2-4H2,1H3,(H,8,9,10). The van der Waals surface area contributed by atoms with E-state index in [-0.39, 0.29) is 5.60 Å². The zero-order valence-electron chi connectivity index (χ0n) is 6.79. The van der Waals surface area contributed by atoms with E-state index in [0.29, 0.717) is 5.82 Å². The number of H-pyrrole nitrogens is 1. The van der Waals surface area contributed by atoms with Gasteiger partial charge in [0, 0.05) is 7.11 Å². The van der Waals surface area contributed by atoms with Crippen LogP contribution >= 0.6 is 0 Å². The quantitative estimate of drug-likeness (QED) is 0.697. The summed E-state index contributed by atoms with van der Waals surface area (Å²) < 4.78 is 9.69. The number of methoxy groups -OCH3 is 1. The molecule has 1 aliphatic carbocycles. The van der Waals surface area contributed by atoms with Gasteiger partial charge in [0.05, 0.1) is 0 Å². The second-order valence-electron chi connectivity index (χ2n) is 3.00. The van der Waals surface area contributed by atoms with Gasteiger partial charge in [0.25, 0.3) is 0 Å². The van der Waals surface area contributed by atoms with Gasteiger partial charge in [0.2, 0.25) is 0 Å². The van der Waals surface area contributed by atoms with Gasteiger partial charge in [-0.1, -0.05) is 5.16 Å². The van der Waals surface area contributed by atoms with Crippen molar-refractivity contribution in [3.05, 3.63) is 16.4 Å². The van der Waals surface area contributed by atoms with Crippen LogP contribution in [0.1, 0.15) is 25.1 Å². The summed E-state index contributed by atoms with van der Waals surface area (Å²) in [4.78, 5) is 13.2. The third-order valence-electron chi connectivity index (χ3n) is 2.42. The SMILES string of the molecule is COC1(c2noc(=O)[nH]2)CCC1. The number of nitrogens with zero attached hydrogens (tertiary/aromatic N) is 1. The Labute approximate surface area is 68.7 Å². The van der Waals surface area contributed by atoms with E-state index in [4.69, 9.17) is 4.74 Å². The first-order chi connectivity index (χ1) is 5.77. The Kier molecular flexibility index (Phi) is 1.54. The van der Waals surface area contributed by atoms with E-state index in [1.165, 1.54) is 0 Å². The normalized spacial score (nSPS) is 20.4. The molecule has 2 rings (SSSR count). The maximum atomic E-state index is 10.7. The van der Waals surface area contributed by atoms with Crippen molar-refractivity contribution in [2.45, 2.75) is 24.9 Å². The molecular formula is C7H10N2O3. The minimum Gasteiger partial charge on any atom is -0.370 e. The molecule has 0 spiro atoms. The molecule has 0 amide bonds. The number of hydrogen-bond donors (Lipinski definition) is 1. The molecule has 0 radical (unpaired) electrons. The lowest BCUT2D eigenvalue weighted by Gasteiger charge is -2.37. The van der Waals surface area contributed by atoms with Crippen molar-refractivity contribution in [1.82, 2.24) is 10.1 Å². The molecule has 1 saturated carbocycles. The molecule has 1 aromatic heterocycles. The second kappa shape index (κ2) is 2.45. The molecule has 1 fully saturated rings. The van der Waals surface area contributed by atoms with Gasteiger partial charge in [0.15, 0.2) is 5.82 Å². The van der Waals surface area contributed by atoms with Crippen LogP contribution in [0.3, 0.4) is 0 Å². The zero-order valence-corrected chi connectivity index (χ0v) is 6.79. The van der Waals surface area contributed by atoms with Crippen molar-refractivity contribution in [2.24, 2.45) is 0 Å². The van der Waals surface area contributed by atoms with E-state index in [9.17, 15) is 4.79 Å². The van der Waals surface area contributed by atoms with Gasteiger partial charge in [-0.15, -0.1) is 0 Å². The highest BCUT2D eigenvalue weighted by molar-refractivity contribution is 5.04. The van der Waals surface area contributed by atoms with E-state index in [1.54, 1.807) is 7.11 Å². The fourth-order valence-electron chi connectivity index (χ4n) is 1.46. The van der Waals surface area contributed by atoms with Gasteiger partial charge >= 0.3 is 5.76 Å². The van der Waals surface area contributed by atoms with Crippen molar-refractivity contribution in [3.63, 3.8) is 0 Å². The minimum absolute atomic E-state index is 0.383. The predicted molar refractivity (Wildman–Crippen MR) is 39.7 cm³/mol. The van der Waals surface area contributed by atoms with E-state index >= 15 is 0 Å². The van der Waals surface area contributed by atoms with Crippen LogP contribution in [0.4, 0.5) is 0 Å².